The van der Waals surface area contributed by atoms with Gasteiger partial charge in [0.15, 0.2) is 0 Å². The van der Waals surface area contributed by atoms with Gasteiger partial charge in [0.05, 0.1) is 24.6 Å². The Morgan fingerprint density at radius 3 is 2.76 bits per heavy atom. The molecule has 1 amide bonds. The van der Waals surface area contributed by atoms with Crippen molar-refractivity contribution in [2.45, 2.75) is 19.1 Å². The molecule has 0 radical (unpaired) electrons. The molecule has 21 heavy (non-hydrogen) atoms. The van der Waals surface area contributed by atoms with E-state index in [1.807, 2.05) is 31.3 Å². The van der Waals surface area contributed by atoms with Gasteiger partial charge in [-0.05, 0) is 6.92 Å². The Hall–Kier alpha value is -1.60. The lowest BCUT2D eigenvalue weighted by Crippen LogP contribution is -2.59. The summed E-state index contributed by atoms with van der Waals surface area (Å²) in [5.74, 6) is 0.160. The largest absolute Gasteiger partial charge is 0.375 e. The smallest absolute Gasteiger partial charge is 0.242 e. The molecule has 2 saturated heterocycles. The summed E-state index contributed by atoms with van der Waals surface area (Å²) in [7, 11) is 1.92. The molecule has 1 aromatic heterocycles. The second-order valence-electron chi connectivity index (χ2n) is 5.69. The average Bonchev–Trinajstić information content (AvgIpc) is 2.94. The fraction of sp³-hybridized carbons (Fsp3) is 0.714. The zero-order valence-corrected chi connectivity index (χ0v) is 12.7. The molecule has 3 heterocycles. The molecule has 0 unspecified atom stereocenters. The van der Waals surface area contributed by atoms with Crippen LogP contribution >= 0.6 is 0 Å². The highest BCUT2D eigenvalue weighted by Gasteiger charge is 2.33. The molecule has 2 aliphatic rings. The van der Waals surface area contributed by atoms with E-state index in [0.717, 1.165) is 38.4 Å². The van der Waals surface area contributed by atoms with Crippen LogP contribution in [0.15, 0.2) is 12.4 Å². The lowest BCUT2D eigenvalue weighted by atomic mass is 10.1. The van der Waals surface area contributed by atoms with Crippen molar-refractivity contribution in [1.29, 1.82) is 0 Å². The zero-order chi connectivity index (χ0) is 14.8. The Balaban J connectivity index is 1.56. The van der Waals surface area contributed by atoms with Gasteiger partial charge in [-0.25, -0.2) is 0 Å². The van der Waals surface area contributed by atoms with Gasteiger partial charge < -0.3 is 19.9 Å². The van der Waals surface area contributed by atoms with Crippen LogP contribution in [-0.4, -0.2) is 72.1 Å². The average molecular weight is 293 g/mol. The minimum atomic E-state index is -0.205. The number of amides is 1. The topological polar surface area (TPSA) is 62.6 Å². The molecular weight excluding hydrogens is 270 g/mol. The van der Waals surface area contributed by atoms with Crippen molar-refractivity contribution in [2.24, 2.45) is 7.05 Å². The Labute approximate surface area is 124 Å². The number of hydrogen-bond donors (Lipinski definition) is 1. The van der Waals surface area contributed by atoms with Crippen molar-refractivity contribution in [3.63, 3.8) is 0 Å². The number of carbonyl (C=O) groups is 1. The number of piperazine rings is 1. The fourth-order valence-corrected chi connectivity index (χ4v) is 2.96. The predicted molar refractivity (Wildman–Crippen MR) is 79.2 cm³/mol. The Morgan fingerprint density at radius 1 is 1.38 bits per heavy atom. The van der Waals surface area contributed by atoms with E-state index in [1.54, 1.807) is 4.68 Å². The van der Waals surface area contributed by atoms with E-state index in [9.17, 15) is 4.79 Å². The van der Waals surface area contributed by atoms with Crippen LogP contribution in [0, 0.1) is 0 Å². The number of aryl methyl sites for hydroxylation is 1. The maximum absolute atomic E-state index is 12.6. The van der Waals surface area contributed by atoms with Gasteiger partial charge in [0, 0.05) is 46.0 Å². The van der Waals surface area contributed by atoms with E-state index in [4.69, 9.17) is 4.74 Å². The first-order valence-electron chi connectivity index (χ1n) is 7.52. The van der Waals surface area contributed by atoms with Crippen LogP contribution in [0.25, 0.3) is 0 Å². The van der Waals surface area contributed by atoms with E-state index < -0.39 is 0 Å². The highest BCUT2D eigenvalue weighted by molar-refractivity contribution is 5.83. The second-order valence-corrected chi connectivity index (χ2v) is 5.69. The summed E-state index contributed by atoms with van der Waals surface area (Å²) in [4.78, 5) is 16.8. The molecule has 0 bridgehead atoms. The summed E-state index contributed by atoms with van der Waals surface area (Å²) >= 11 is 0. The van der Waals surface area contributed by atoms with Crippen LogP contribution in [0.3, 0.4) is 0 Å². The molecule has 7 heteroatoms. The van der Waals surface area contributed by atoms with Gasteiger partial charge >= 0.3 is 0 Å². The number of nitrogens with one attached hydrogen (secondary N) is 1. The number of morpholine rings is 1. The van der Waals surface area contributed by atoms with Crippen LogP contribution in [0.4, 0.5) is 5.69 Å². The summed E-state index contributed by atoms with van der Waals surface area (Å²) in [6.45, 7) is 6.58. The minimum Gasteiger partial charge on any atom is -0.375 e. The first-order chi connectivity index (χ1) is 10.1. The number of anilines is 1. The molecule has 3 rings (SSSR count). The second kappa shape index (κ2) is 6.03. The van der Waals surface area contributed by atoms with Gasteiger partial charge in [0.2, 0.25) is 5.91 Å². The van der Waals surface area contributed by atoms with Crippen LogP contribution in [0.1, 0.15) is 6.92 Å². The van der Waals surface area contributed by atoms with Crippen LogP contribution in [0.5, 0.6) is 0 Å². The van der Waals surface area contributed by atoms with Gasteiger partial charge in [0.25, 0.3) is 0 Å². The van der Waals surface area contributed by atoms with E-state index in [1.165, 1.54) is 0 Å². The number of aromatic nitrogens is 2. The molecule has 1 aromatic rings. The lowest BCUT2D eigenvalue weighted by Gasteiger charge is -2.39. The van der Waals surface area contributed by atoms with Crippen molar-refractivity contribution in [1.82, 2.24) is 20.0 Å². The lowest BCUT2D eigenvalue weighted by molar-refractivity contribution is -0.139. The number of carbonyl (C=O) groups excluding carboxylic acids is 1. The standard InChI is InChI=1S/C14H23N5O2/c1-11-13(15-3-8-21-11)14(20)19-6-4-18(5-7-19)12-9-16-17(2)10-12/h9-11,13,15H,3-8H2,1-2H3/t11-,13+/m1/s1. The molecule has 0 aliphatic carbocycles. The summed E-state index contributed by atoms with van der Waals surface area (Å²) in [5, 5.41) is 7.47. The normalized spacial score (nSPS) is 27.0. The van der Waals surface area contributed by atoms with Crippen molar-refractivity contribution < 1.29 is 9.53 Å². The van der Waals surface area contributed by atoms with E-state index >= 15 is 0 Å². The predicted octanol–water partition coefficient (Wildman–Crippen LogP) is -0.554. The highest BCUT2D eigenvalue weighted by atomic mass is 16.5. The van der Waals surface area contributed by atoms with Gasteiger partial charge in [-0.15, -0.1) is 0 Å². The monoisotopic (exact) mass is 293 g/mol. The summed E-state index contributed by atoms with van der Waals surface area (Å²) in [6, 6.07) is -0.205. The Bertz CT molecular complexity index is 495. The van der Waals surface area contributed by atoms with Crippen LogP contribution in [-0.2, 0) is 16.6 Å². The zero-order valence-electron chi connectivity index (χ0n) is 12.7. The number of hydrogen-bond acceptors (Lipinski definition) is 5. The summed E-state index contributed by atoms with van der Waals surface area (Å²) in [6.07, 6.45) is 3.83. The van der Waals surface area contributed by atoms with Crippen molar-refractivity contribution in [3.05, 3.63) is 12.4 Å². The first-order valence-corrected chi connectivity index (χ1v) is 7.52. The van der Waals surface area contributed by atoms with Crippen LogP contribution in [0.2, 0.25) is 0 Å². The SMILES string of the molecule is C[C@H]1OCCN[C@@H]1C(=O)N1CCN(c2cnn(C)c2)CC1. The maximum Gasteiger partial charge on any atom is 0.242 e. The molecule has 116 valence electrons. The Kier molecular flexibility index (Phi) is 4.12. The Morgan fingerprint density at radius 2 is 2.14 bits per heavy atom. The van der Waals surface area contributed by atoms with E-state index in [-0.39, 0.29) is 18.1 Å². The van der Waals surface area contributed by atoms with Gasteiger partial charge in [-0.3, -0.25) is 9.48 Å². The van der Waals surface area contributed by atoms with Crippen molar-refractivity contribution >= 4 is 11.6 Å². The molecule has 0 spiro atoms. The van der Waals surface area contributed by atoms with Crippen molar-refractivity contribution in [3.8, 4) is 0 Å². The molecule has 2 atom stereocenters. The minimum absolute atomic E-state index is 0.0531. The van der Waals surface area contributed by atoms with Crippen LogP contribution < -0.4 is 10.2 Å². The molecule has 2 fully saturated rings. The van der Waals surface area contributed by atoms with Crippen molar-refractivity contribution in [2.75, 3.05) is 44.2 Å². The summed E-state index contributed by atoms with van der Waals surface area (Å²) < 4.78 is 7.37. The molecular formula is C14H23N5O2. The number of nitrogens with zero attached hydrogens (tertiary/aromatic N) is 4. The molecule has 0 aromatic carbocycles. The molecule has 7 nitrogen and oxygen atoms in total. The fourth-order valence-electron chi connectivity index (χ4n) is 2.96. The quantitative estimate of drug-likeness (QED) is 0.792. The number of ether oxygens (including phenoxy) is 1. The van der Waals surface area contributed by atoms with Gasteiger partial charge in [-0.2, -0.15) is 5.10 Å². The highest BCUT2D eigenvalue weighted by Crippen LogP contribution is 2.16. The van der Waals surface area contributed by atoms with E-state index in [0.29, 0.717) is 6.61 Å². The van der Waals surface area contributed by atoms with Gasteiger partial charge in [0.1, 0.15) is 6.04 Å². The first kappa shape index (κ1) is 14.3. The van der Waals surface area contributed by atoms with E-state index in [2.05, 4.69) is 15.3 Å². The number of rotatable bonds is 2. The summed E-state index contributed by atoms with van der Waals surface area (Å²) in [5.41, 5.74) is 1.12. The molecule has 1 N–H and O–H groups in total. The molecule has 2 aliphatic heterocycles. The third-order valence-electron chi connectivity index (χ3n) is 4.23. The van der Waals surface area contributed by atoms with Gasteiger partial charge in [-0.1, -0.05) is 0 Å². The maximum atomic E-state index is 12.6. The molecule has 0 saturated carbocycles. The third-order valence-corrected chi connectivity index (χ3v) is 4.23. The third kappa shape index (κ3) is 3.03.